The minimum absolute atomic E-state index is 0.124. The fraction of sp³-hybridized carbons (Fsp3) is 0.857. The third kappa shape index (κ3) is 3.59. The second kappa shape index (κ2) is 8.35. The third-order valence-corrected chi connectivity index (χ3v) is 8.81. The van der Waals surface area contributed by atoms with Gasteiger partial charge in [0.15, 0.2) is 0 Å². The largest absolute Gasteiger partial charge is 0.347 e. The standard InChI is InChI=1S/C14H30N2O2Si/c1-7-15(8-2)13(17)19(11-5,12-6)14(18)16(9-3)10-4/h7-12H2,1-6H3. The van der Waals surface area contributed by atoms with Crippen LogP contribution in [0.15, 0.2) is 0 Å². The van der Waals surface area contributed by atoms with Crippen molar-refractivity contribution < 1.29 is 9.59 Å². The van der Waals surface area contributed by atoms with Crippen LogP contribution in [0.2, 0.25) is 12.1 Å². The minimum atomic E-state index is -2.59. The molecule has 0 aromatic rings. The highest BCUT2D eigenvalue weighted by atomic mass is 28.3. The Labute approximate surface area is 119 Å². The van der Waals surface area contributed by atoms with E-state index in [1.54, 1.807) is 0 Å². The zero-order valence-electron chi connectivity index (χ0n) is 13.5. The van der Waals surface area contributed by atoms with E-state index in [0.29, 0.717) is 38.3 Å². The van der Waals surface area contributed by atoms with Gasteiger partial charge in [-0.3, -0.25) is 9.59 Å². The summed E-state index contributed by atoms with van der Waals surface area (Å²) in [6.07, 6.45) is 0. The molecule has 0 saturated carbocycles. The molecule has 19 heavy (non-hydrogen) atoms. The van der Waals surface area contributed by atoms with Crippen molar-refractivity contribution in [3.63, 3.8) is 0 Å². The van der Waals surface area contributed by atoms with Gasteiger partial charge in [0.05, 0.1) is 0 Å². The van der Waals surface area contributed by atoms with E-state index in [1.807, 2.05) is 51.3 Å². The average Bonchev–Trinajstić information content (AvgIpc) is 2.43. The van der Waals surface area contributed by atoms with E-state index in [9.17, 15) is 9.59 Å². The summed E-state index contributed by atoms with van der Waals surface area (Å²) in [6.45, 7) is 14.7. The number of hydrogen-bond acceptors (Lipinski definition) is 2. The topological polar surface area (TPSA) is 40.6 Å². The second-order valence-corrected chi connectivity index (χ2v) is 9.18. The lowest BCUT2D eigenvalue weighted by molar-refractivity contribution is 0.216. The Morgan fingerprint density at radius 2 is 0.947 bits per heavy atom. The maximum absolute atomic E-state index is 12.8. The van der Waals surface area contributed by atoms with Crippen molar-refractivity contribution in [2.75, 3.05) is 26.2 Å². The van der Waals surface area contributed by atoms with Crippen LogP contribution in [0.4, 0.5) is 9.59 Å². The van der Waals surface area contributed by atoms with E-state index in [0.717, 1.165) is 0 Å². The molecule has 0 aliphatic rings. The molecule has 0 aromatic carbocycles. The lowest BCUT2D eigenvalue weighted by atomic mass is 10.6. The van der Waals surface area contributed by atoms with Crippen LogP contribution >= 0.6 is 0 Å². The SMILES string of the molecule is CCN(CC)C(=O)[Si](CC)(CC)C(=O)N(CC)CC. The zero-order chi connectivity index (χ0) is 15.1. The van der Waals surface area contributed by atoms with Gasteiger partial charge in [0, 0.05) is 26.2 Å². The summed E-state index contributed by atoms with van der Waals surface area (Å²) in [6, 6.07) is 1.41. The molecule has 0 radical (unpaired) electrons. The summed E-state index contributed by atoms with van der Waals surface area (Å²) in [5, 5.41) is 0. The Kier molecular flexibility index (Phi) is 7.98. The van der Waals surface area contributed by atoms with Crippen molar-refractivity contribution in [2.45, 2.75) is 53.6 Å². The Hall–Kier alpha value is -0.843. The Balaban J connectivity index is 5.46. The van der Waals surface area contributed by atoms with Crippen LogP contribution in [0.1, 0.15) is 41.5 Å². The molecule has 0 fully saturated rings. The van der Waals surface area contributed by atoms with Crippen LogP contribution in [0, 0.1) is 0 Å². The molecule has 4 nitrogen and oxygen atoms in total. The first-order valence-electron chi connectivity index (χ1n) is 7.57. The molecular weight excluding hydrogens is 256 g/mol. The summed E-state index contributed by atoms with van der Waals surface area (Å²) in [5.41, 5.74) is 0.249. The van der Waals surface area contributed by atoms with Gasteiger partial charge in [-0.25, -0.2) is 0 Å². The smallest absolute Gasteiger partial charge is 0.261 e. The third-order valence-electron chi connectivity index (χ3n) is 4.13. The first kappa shape index (κ1) is 18.2. The summed E-state index contributed by atoms with van der Waals surface area (Å²) in [7, 11) is -2.59. The molecule has 0 atom stereocenters. The van der Waals surface area contributed by atoms with E-state index in [2.05, 4.69) is 0 Å². The van der Waals surface area contributed by atoms with E-state index in [1.165, 1.54) is 0 Å². The second-order valence-electron chi connectivity index (χ2n) is 4.74. The number of amides is 2. The van der Waals surface area contributed by atoms with Crippen LogP contribution in [0.5, 0.6) is 0 Å². The van der Waals surface area contributed by atoms with Crippen LogP contribution in [0.25, 0.3) is 0 Å². The average molecular weight is 286 g/mol. The Morgan fingerprint density at radius 1 is 0.684 bits per heavy atom. The fourth-order valence-corrected chi connectivity index (χ4v) is 6.31. The monoisotopic (exact) mass is 286 g/mol. The number of carbonyl (C=O) groups excluding carboxylic acids is 2. The molecule has 0 saturated heterocycles. The highest BCUT2D eigenvalue weighted by Gasteiger charge is 2.49. The maximum atomic E-state index is 12.8. The number of hydrogen-bond donors (Lipinski definition) is 0. The molecule has 2 amide bonds. The van der Waals surface area contributed by atoms with E-state index >= 15 is 0 Å². The van der Waals surface area contributed by atoms with Gasteiger partial charge < -0.3 is 9.80 Å². The molecule has 5 heteroatoms. The fourth-order valence-electron chi connectivity index (χ4n) is 2.57. The Morgan fingerprint density at radius 3 is 1.11 bits per heavy atom. The molecule has 0 spiro atoms. The zero-order valence-corrected chi connectivity index (χ0v) is 14.5. The van der Waals surface area contributed by atoms with Crippen molar-refractivity contribution in [1.82, 2.24) is 9.80 Å². The van der Waals surface area contributed by atoms with Gasteiger partial charge in [-0.2, -0.15) is 0 Å². The summed E-state index contributed by atoms with van der Waals surface area (Å²) in [5.74, 6) is 0. The van der Waals surface area contributed by atoms with Crippen molar-refractivity contribution >= 4 is 19.1 Å². The van der Waals surface area contributed by atoms with E-state index in [4.69, 9.17) is 0 Å². The number of nitrogens with zero attached hydrogens (tertiary/aromatic N) is 2. The molecule has 0 N–H and O–H groups in total. The van der Waals surface area contributed by atoms with Gasteiger partial charge in [0.2, 0.25) is 11.1 Å². The van der Waals surface area contributed by atoms with E-state index in [-0.39, 0.29) is 11.1 Å². The molecule has 0 rings (SSSR count). The van der Waals surface area contributed by atoms with Crippen LogP contribution < -0.4 is 0 Å². The number of rotatable bonds is 8. The van der Waals surface area contributed by atoms with Crippen molar-refractivity contribution in [2.24, 2.45) is 0 Å². The van der Waals surface area contributed by atoms with Gasteiger partial charge in [0.25, 0.3) is 8.07 Å². The minimum Gasteiger partial charge on any atom is -0.347 e. The van der Waals surface area contributed by atoms with Crippen LogP contribution in [0.3, 0.4) is 0 Å². The maximum Gasteiger partial charge on any atom is 0.261 e. The van der Waals surface area contributed by atoms with Crippen molar-refractivity contribution in [3.05, 3.63) is 0 Å². The predicted octanol–water partition coefficient (Wildman–Crippen LogP) is 3.56. The number of carbonyl (C=O) groups is 2. The highest BCUT2D eigenvalue weighted by Crippen LogP contribution is 2.23. The molecule has 0 aliphatic heterocycles. The normalized spacial score (nSPS) is 11.3. The first-order chi connectivity index (χ1) is 8.98. The summed E-state index contributed by atoms with van der Waals surface area (Å²) >= 11 is 0. The van der Waals surface area contributed by atoms with E-state index < -0.39 is 8.07 Å². The summed E-state index contributed by atoms with van der Waals surface area (Å²) in [4.78, 5) is 29.3. The predicted molar refractivity (Wildman–Crippen MR) is 83.4 cm³/mol. The molecule has 0 bridgehead atoms. The molecule has 0 heterocycles. The van der Waals surface area contributed by atoms with Gasteiger partial charge in [0.1, 0.15) is 0 Å². The van der Waals surface area contributed by atoms with Gasteiger partial charge in [-0.15, -0.1) is 0 Å². The van der Waals surface area contributed by atoms with Crippen LogP contribution in [-0.2, 0) is 0 Å². The molecule has 0 aromatic heterocycles. The Bertz CT molecular complexity index is 270. The first-order valence-corrected chi connectivity index (χ1v) is 9.98. The van der Waals surface area contributed by atoms with Gasteiger partial charge in [-0.1, -0.05) is 13.8 Å². The summed E-state index contributed by atoms with van der Waals surface area (Å²) < 4.78 is 0. The molecule has 0 unspecified atom stereocenters. The quantitative estimate of drug-likeness (QED) is 0.640. The molecule has 112 valence electrons. The van der Waals surface area contributed by atoms with Crippen molar-refractivity contribution in [3.8, 4) is 0 Å². The van der Waals surface area contributed by atoms with Gasteiger partial charge in [-0.05, 0) is 39.8 Å². The van der Waals surface area contributed by atoms with Crippen LogP contribution in [-0.4, -0.2) is 55.1 Å². The lowest BCUT2D eigenvalue weighted by Gasteiger charge is -2.35. The van der Waals surface area contributed by atoms with Crippen molar-refractivity contribution in [1.29, 1.82) is 0 Å². The molecule has 0 aliphatic carbocycles. The van der Waals surface area contributed by atoms with Gasteiger partial charge >= 0.3 is 0 Å². The lowest BCUT2D eigenvalue weighted by Crippen LogP contribution is -2.61. The molecular formula is C14H30N2O2Si. The highest BCUT2D eigenvalue weighted by molar-refractivity contribution is 7.24.